The molecule has 0 unspecified atom stereocenters. The highest BCUT2D eigenvalue weighted by molar-refractivity contribution is 5.78. The highest BCUT2D eigenvalue weighted by atomic mass is 19.1. The standard InChI is InChI=1S/C23H25FN4O2/c1-15-10-21(30-28-15)20-13-25-14-27-23(20)18-6-2-17(3-7-18)12-26-22(29)11-16-4-8-19(24)9-5-16/h4-5,8-10,13-14,17-18H,2-3,6-7,11-12H2,1H3,(H,26,29). The van der Waals surface area contributed by atoms with Crippen LogP contribution in [-0.4, -0.2) is 27.6 Å². The predicted octanol–water partition coefficient (Wildman–Crippen LogP) is 4.21. The van der Waals surface area contributed by atoms with Gasteiger partial charge in [0, 0.05) is 24.7 Å². The molecule has 1 aliphatic carbocycles. The van der Waals surface area contributed by atoms with Gasteiger partial charge in [-0.3, -0.25) is 4.79 Å². The third-order valence-electron chi connectivity index (χ3n) is 5.74. The first-order chi connectivity index (χ1) is 14.6. The second kappa shape index (κ2) is 9.15. The van der Waals surface area contributed by atoms with E-state index >= 15 is 0 Å². The third-order valence-corrected chi connectivity index (χ3v) is 5.74. The number of aryl methyl sites for hydroxylation is 1. The number of aromatic nitrogens is 3. The molecular formula is C23H25FN4O2. The maximum atomic E-state index is 13.0. The zero-order valence-electron chi connectivity index (χ0n) is 17.0. The Bertz CT molecular complexity index is 994. The minimum Gasteiger partial charge on any atom is -0.356 e. The molecule has 1 amide bonds. The van der Waals surface area contributed by atoms with Gasteiger partial charge in [0.05, 0.1) is 23.4 Å². The van der Waals surface area contributed by atoms with E-state index in [1.807, 2.05) is 13.0 Å². The van der Waals surface area contributed by atoms with Crippen LogP contribution in [0.1, 0.15) is 48.6 Å². The van der Waals surface area contributed by atoms with Gasteiger partial charge in [-0.15, -0.1) is 0 Å². The van der Waals surface area contributed by atoms with E-state index in [1.165, 1.54) is 12.1 Å². The van der Waals surface area contributed by atoms with Crippen LogP contribution in [0.15, 0.2) is 47.4 Å². The van der Waals surface area contributed by atoms with Gasteiger partial charge in [0.1, 0.15) is 12.1 Å². The van der Waals surface area contributed by atoms with Crippen LogP contribution >= 0.6 is 0 Å². The zero-order chi connectivity index (χ0) is 20.9. The maximum absolute atomic E-state index is 13.0. The second-order valence-corrected chi connectivity index (χ2v) is 7.98. The molecule has 1 aromatic carbocycles. The van der Waals surface area contributed by atoms with Gasteiger partial charge in [-0.2, -0.15) is 0 Å². The van der Waals surface area contributed by atoms with Crippen molar-refractivity contribution in [2.24, 2.45) is 5.92 Å². The van der Waals surface area contributed by atoms with Crippen molar-refractivity contribution in [2.45, 2.75) is 44.9 Å². The van der Waals surface area contributed by atoms with E-state index in [2.05, 4.69) is 20.4 Å². The minimum absolute atomic E-state index is 0.0255. The summed E-state index contributed by atoms with van der Waals surface area (Å²) in [5.41, 5.74) is 3.57. The van der Waals surface area contributed by atoms with Crippen LogP contribution in [0.2, 0.25) is 0 Å². The van der Waals surface area contributed by atoms with Gasteiger partial charge in [-0.05, 0) is 56.2 Å². The Labute approximate surface area is 174 Å². The largest absolute Gasteiger partial charge is 0.356 e. The summed E-state index contributed by atoms with van der Waals surface area (Å²) in [4.78, 5) is 20.9. The third kappa shape index (κ3) is 4.90. The molecule has 0 aliphatic heterocycles. The Hall–Kier alpha value is -3.09. The normalized spacial score (nSPS) is 18.9. The Balaban J connectivity index is 1.29. The number of carbonyl (C=O) groups excluding carboxylic acids is 1. The number of hydrogen-bond donors (Lipinski definition) is 1. The first-order valence-corrected chi connectivity index (χ1v) is 10.3. The molecular weight excluding hydrogens is 383 g/mol. The average molecular weight is 408 g/mol. The van der Waals surface area contributed by atoms with Gasteiger partial charge < -0.3 is 9.84 Å². The first-order valence-electron chi connectivity index (χ1n) is 10.3. The zero-order valence-corrected chi connectivity index (χ0v) is 17.0. The van der Waals surface area contributed by atoms with Gasteiger partial charge in [0.15, 0.2) is 5.76 Å². The van der Waals surface area contributed by atoms with Gasteiger partial charge in [0.25, 0.3) is 0 Å². The fourth-order valence-corrected chi connectivity index (χ4v) is 4.09. The lowest BCUT2D eigenvalue weighted by molar-refractivity contribution is -0.120. The summed E-state index contributed by atoms with van der Waals surface area (Å²) in [7, 11) is 0. The Kier molecular flexibility index (Phi) is 6.16. The summed E-state index contributed by atoms with van der Waals surface area (Å²) in [6.07, 6.45) is 7.73. The highest BCUT2D eigenvalue weighted by Gasteiger charge is 2.26. The van der Waals surface area contributed by atoms with Crippen LogP contribution in [0.4, 0.5) is 4.39 Å². The fourth-order valence-electron chi connectivity index (χ4n) is 4.09. The molecule has 0 bridgehead atoms. The first kappa shape index (κ1) is 20.2. The van der Waals surface area contributed by atoms with E-state index in [0.29, 0.717) is 24.1 Å². The number of rotatable bonds is 6. The summed E-state index contributed by atoms with van der Waals surface area (Å²) >= 11 is 0. The molecule has 6 nitrogen and oxygen atoms in total. The fraction of sp³-hybridized carbons (Fsp3) is 0.391. The smallest absolute Gasteiger partial charge is 0.224 e. The van der Waals surface area contributed by atoms with Crippen molar-refractivity contribution in [3.8, 4) is 11.3 Å². The van der Waals surface area contributed by atoms with Crippen LogP contribution < -0.4 is 5.32 Å². The molecule has 0 radical (unpaired) electrons. The lowest BCUT2D eigenvalue weighted by Crippen LogP contribution is -2.32. The topological polar surface area (TPSA) is 80.9 Å². The molecule has 0 spiro atoms. The van der Waals surface area contributed by atoms with Crippen LogP contribution in [0.5, 0.6) is 0 Å². The van der Waals surface area contributed by atoms with E-state index in [1.54, 1.807) is 24.7 Å². The number of carbonyl (C=O) groups is 1. The van der Waals surface area contributed by atoms with Crippen molar-refractivity contribution in [3.63, 3.8) is 0 Å². The lowest BCUT2D eigenvalue weighted by Gasteiger charge is -2.29. The number of nitrogens with zero attached hydrogens (tertiary/aromatic N) is 3. The molecule has 0 saturated heterocycles. The SMILES string of the molecule is Cc1cc(-c2cncnc2C2CCC(CNC(=O)Cc3ccc(F)cc3)CC2)on1. The Morgan fingerprint density at radius 3 is 2.67 bits per heavy atom. The van der Waals surface area contributed by atoms with Crippen molar-refractivity contribution in [1.82, 2.24) is 20.4 Å². The highest BCUT2D eigenvalue weighted by Crippen LogP contribution is 2.38. The summed E-state index contributed by atoms with van der Waals surface area (Å²) < 4.78 is 18.4. The molecule has 0 atom stereocenters. The number of benzene rings is 1. The molecule has 1 saturated carbocycles. The lowest BCUT2D eigenvalue weighted by atomic mass is 9.79. The number of amides is 1. The van der Waals surface area contributed by atoms with Crippen molar-refractivity contribution in [1.29, 1.82) is 0 Å². The maximum Gasteiger partial charge on any atom is 0.224 e. The summed E-state index contributed by atoms with van der Waals surface area (Å²) in [6, 6.07) is 7.96. The Morgan fingerprint density at radius 2 is 1.97 bits per heavy atom. The monoisotopic (exact) mass is 408 g/mol. The van der Waals surface area contributed by atoms with Gasteiger partial charge in [0.2, 0.25) is 5.91 Å². The number of halogens is 1. The van der Waals surface area contributed by atoms with Gasteiger partial charge in [-0.1, -0.05) is 17.3 Å². The average Bonchev–Trinajstić information content (AvgIpc) is 3.20. The summed E-state index contributed by atoms with van der Waals surface area (Å²) in [6.45, 7) is 2.57. The van der Waals surface area contributed by atoms with Crippen molar-refractivity contribution in [3.05, 3.63) is 65.6 Å². The minimum atomic E-state index is -0.291. The van der Waals surface area contributed by atoms with E-state index < -0.39 is 0 Å². The molecule has 1 fully saturated rings. The van der Waals surface area contributed by atoms with Crippen molar-refractivity contribution in [2.75, 3.05) is 6.54 Å². The summed E-state index contributed by atoms with van der Waals surface area (Å²) in [5.74, 6) is 1.19. The molecule has 2 heterocycles. The second-order valence-electron chi connectivity index (χ2n) is 7.98. The van der Waals surface area contributed by atoms with E-state index in [0.717, 1.165) is 48.2 Å². The van der Waals surface area contributed by atoms with Crippen molar-refractivity contribution < 1.29 is 13.7 Å². The van der Waals surface area contributed by atoms with Crippen molar-refractivity contribution >= 4 is 5.91 Å². The quantitative estimate of drug-likeness (QED) is 0.661. The Morgan fingerprint density at radius 1 is 1.20 bits per heavy atom. The van der Waals surface area contributed by atoms with E-state index in [9.17, 15) is 9.18 Å². The molecule has 30 heavy (non-hydrogen) atoms. The van der Waals surface area contributed by atoms with Gasteiger partial charge >= 0.3 is 0 Å². The summed E-state index contributed by atoms with van der Waals surface area (Å²) in [5, 5.41) is 7.01. The van der Waals surface area contributed by atoms with Crippen LogP contribution in [-0.2, 0) is 11.2 Å². The molecule has 1 aliphatic rings. The molecule has 7 heteroatoms. The number of hydrogen-bond acceptors (Lipinski definition) is 5. The van der Waals surface area contributed by atoms with Crippen LogP contribution in [0.25, 0.3) is 11.3 Å². The van der Waals surface area contributed by atoms with Gasteiger partial charge in [-0.25, -0.2) is 14.4 Å². The number of nitrogens with one attached hydrogen (secondary N) is 1. The predicted molar refractivity (Wildman–Crippen MR) is 110 cm³/mol. The molecule has 4 rings (SSSR count). The molecule has 1 N–H and O–H groups in total. The molecule has 2 aromatic heterocycles. The van der Waals surface area contributed by atoms with Crippen LogP contribution in [0.3, 0.4) is 0 Å². The van der Waals surface area contributed by atoms with Crippen LogP contribution in [0, 0.1) is 18.7 Å². The molecule has 156 valence electrons. The molecule has 3 aromatic rings. The van der Waals surface area contributed by atoms with E-state index in [-0.39, 0.29) is 18.1 Å². The van der Waals surface area contributed by atoms with E-state index in [4.69, 9.17) is 4.52 Å².